The van der Waals surface area contributed by atoms with Gasteiger partial charge < -0.3 is 4.98 Å². The summed E-state index contributed by atoms with van der Waals surface area (Å²) in [5.41, 5.74) is 2.37. The lowest BCUT2D eigenvalue weighted by molar-refractivity contribution is 0.803. The summed E-state index contributed by atoms with van der Waals surface area (Å²) in [6.45, 7) is 5.93. The average molecular weight is 342 g/mol. The highest BCUT2D eigenvalue weighted by Crippen LogP contribution is 2.25. The van der Waals surface area contributed by atoms with Gasteiger partial charge in [0, 0.05) is 10.6 Å². The van der Waals surface area contributed by atoms with Crippen molar-refractivity contribution in [3.63, 3.8) is 0 Å². The summed E-state index contributed by atoms with van der Waals surface area (Å²) < 4.78 is 0.490. The van der Waals surface area contributed by atoms with Gasteiger partial charge in [-0.25, -0.2) is 4.98 Å². The number of aryl methyl sites for hydroxylation is 1. The van der Waals surface area contributed by atoms with E-state index in [4.69, 9.17) is 11.6 Å². The molecule has 19 heavy (non-hydrogen) atoms. The topological polar surface area (TPSA) is 45.8 Å². The molecule has 0 atom stereocenters. The van der Waals surface area contributed by atoms with Gasteiger partial charge in [0.2, 0.25) is 0 Å². The molecule has 1 heterocycles. The maximum atomic E-state index is 11.9. The maximum absolute atomic E-state index is 11.9. The molecule has 0 aliphatic carbocycles. The molecule has 0 bridgehead atoms. The summed E-state index contributed by atoms with van der Waals surface area (Å²) >= 11 is 9.39. The lowest BCUT2D eigenvalue weighted by Gasteiger charge is -2.10. The molecular weight excluding hydrogens is 328 g/mol. The number of H-pyrrole nitrogens is 1. The molecule has 0 saturated carbocycles. The van der Waals surface area contributed by atoms with E-state index in [9.17, 15) is 4.79 Å². The highest BCUT2D eigenvalue weighted by molar-refractivity contribution is 9.10. The smallest absolute Gasteiger partial charge is 0.265 e. The molecular formula is C14H14BrClN2O. The molecule has 0 unspecified atom stereocenters. The quantitative estimate of drug-likeness (QED) is 0.886. The predicted octanol–water partition coefficient (Wildman–Crippen LogP) is 4.28. The third-order valence-electron chi connectivity index (χ3n) is 2.88. The third kappa shape index (κ3) is 2.90. The van der Waals surface area contributed by atoms with Crippen LogP contribution in [0.1, 0.15) is 31.0 Å². The predicted molar refractivity (Wildman–Crippen MR) is 81.8 cm³/mol. The van der Waals surface area contributed by atoms with Crippen LogP contribution in [0, 0.1) is 6.92 Å². The molecule has 5 heteroatoms. The van der Waals surface area contributed by atoms with Crippen LogP contribution in [0.25, 0.3) is 11.4 Å². The zero-order chi connectivity index (χ0) is 14.2. The van der Waals surface area contributed by atoms with Crippen LogP contribution >= 0.6 is 27.5 Å². The lowest BCUT2D eigenvalue weighted by atomic mass is 10.1. The summed E-state index contributed by atoms with van der Waals surface area (Å²) in [5, 5.41) is 0.661. The van der Waals surface area contributed by atoms with Gasteiger partial charge in [0.1, 0.15) is 10.3 Å². The van der Waals surface area contributed by atoms with Gasteiger partial charge in [-0.2, -0.15) is 0 Å². The van der Waals surface area contributed by atoms with Crippen LogP contribution in [-0.4, -0.2) is 9.97 Å². The van der Waals surface area contributed by atoms with Gasteiger partial charge in [0.05, 0.1) is 5.69 Å². The second-order valence-corrected chi connectivity index (χ2v) is 5.93. The largest absolute Gasteiger partial charge is 0.306 e. The van der Waals surface area contributed by atoms with E-state index in [0.29, 0.717) is 15.3 Å². The highest BCUT2D eigenvalue weighted by Gasteiger charge is 2.13. The molecule has 1 aromatic heterocycles. The summed E-state index contributed by atoms with van der Waals surface area (Å²) in [6, 6.07) is 5.62. The van der Waals surface area contributed by atoms with Gasteiger partial charge >= 0.3 is 0 Å². The molecule has 0 aliphatic heterocycles. The Morgan fingerprint density at radius 3 is 2.63 bits per heavy atom. The fourth-order valence-electron chi connectivity index (χ4n) is 1.74. The standard InChI is InChI=1S/C14H14BrClN2O/c1-7(2)12-11(15)14(19)18-13(17-12)9-5-4-8(3)10(16)6-9/h4-7H,1-3H3,(H,17,18,19). The molecule has 3 nitrogen and oxygen atoms in total. The fraction of sp³-hybridized carbons (Fsp3) is 0.286. The van der Waals surface area contributed by atoms with Gasteiger partial charge in [0.25, 0.3) is 5.56 Å². The van der Waals surface area contributed by atoms with E-state index < -0.39 is 0 Å². The first-order chi connectivity index (χ1) is 8.90. The minimum Gasteiger partial charge on any atom is -0.306 e. The van der Waals surface area contributed by atoms with E-state index in [1.54, 1.807) is 0 Å². The van der Waals surface area contributed by atoms with Crippen LogP contribution < -0.4 is 5.56 Å². The van der Waals surface area contributed by atoms with E-state index in [1.807, 2.05) is 39.0 Å². The highest BCUT2D eigenvalue weighted by atomic mass is 79.9. The first kappa shape index (κ1) is 14.3. The molecule has 0 spiro atoms. The van der Waals surface area contributed by atoms with Crippen LogP contribution in [0.3, 0.4) is 0 Å². The van der Waals surface area contributed by atoms with Crippen LogP contribution in [0.5, 0.6) is 0 Å². The summed E-state index contributed by atoms with van der Waals surface area (Å²) in [7, 11) is 0. The number of aromatic amines is 1. The first-order valence-corrected chi connectivity index (χ1v) is 7.13. The lowest BCUT2D eigenvalue weighted by Crippen LogP contribution is -2.14. The zero-order valence-corrected chi connectivity index (χ0v) is 13.3. The van der Waals surface area contributed by atoms with Crippen molar-refractivity contribution in [2.75, 3.05) is 0 Å². The van der Waals surface area contributed by atoms with Crippen molar-refractivity contribution in [3.05, 3.63) is 49.3 Å². The van der Waals surface area contributed by atoms with Gasteiger partial charge in [-0.05, 0) is 40.4 Å². The second-order valence-electron chi connectivity index (χ2n) is 4.73. The Hall–Kier alpha value is -1.13. The Kier molecular flexibility index (Phi) is 4.11. The maximum Gasteiger partial charge on any atom is 0.265 e. The fourth-order valence-corrected chi connectivity index (χ4v) is 2.56. The number of nitrogens with one attached hydrogen (secondary N) is 1. The van der Waals surface area contributed by atoms with Crippen molar-refractivity contribution in [2.45, 2.75) is 26.7 Å². The normalized spacial score (nSPS) is 11.1. The van der Waals surface area contributed by atoms with Crippen molar-refractivity contribution in [3.8, 4) is 11.4 Å². The molecule has 2 aromatic rings. The van der Waals surface area contributed by atoms with E-state index in [2.05, 4.69) is 25.9 Å². The molecule has 100 valence electrons. The number of hydrogen-bond acceptors (Lipinski definition) is 2. The Bertz CT molecular complexity index is 680. The number of rotatable bonds is 2. The number of aromatic nitrogens is 2. The number of benzene rings is 1. The van der Waals surface area contributed by atoms with Gasteiger partial charge in [-0.3, -0.25) is 4.79 Å². The Labute approximate surface area is 125 Å². The number of nitrogens with zero attached hydrogens (tertiary/aromatic N) is 1. The van der Waals surface area contributed by atoms with Crippen LogP contribution in [0.2, 0.25) is 5.02 Å². The second kappa shape index (κ2) is 5.47. The van der Waals surface area contributed by atoms with E-state index >= 15 is 0 Å². The molecule has 0 saturated heterocycles. The van der Waals surface area contributed by atoms with Gasteiger partial charge in [-0.1, -0.05) is 37.6 Å². The monoisotopic (exact) mass is 340 g/mol. The van der Waals surface area contributed by atoms with Crippen molar-refractivity contribution in [1.82, 2.24) is 9.97 Å². The zero-order valence-electron chi connectivity index (χ0n) is 10.9. The summed E-state index contributed by atoms with van der Waals surface area (Å²) in [4.78, 5) is 19.2. The Morgan fingerprint density at radius 2 is 2.05 bits per heavy atom. The molecule has 0 aliphatic rings. The van der Waals surface area contributed by atoms with Crippen LogP contribution in [-0.2, 0) is 0 Å². The minimum atomic E-state index is -0.176. The Morgan fingerprint density at radius 1 is 1.37 bits per heavy atom. The van der Waals surface area contributed by atoms with E-state index in [0.717, 1.165) is 16.8 Å². The van der Waals surface area contributed by atoms with E-state index in [1.165, 1.54) is 0 Å². The third-order valence-corrected chi connectivity index (χ3v) is 4.05. The van der Waals surface area contributed by atoms with E-state index in [-0.39, 0.29) is 11.5 Å². The molecule has 0 radical (unpaired) electrons. The molecule has 2 rings (SSSR count). The van der Waals surface area contributed by atoms with Crippen molar-refractivity contribution in [1.29, 1.82) is 0 Å². The summed E-state index contributed by atoms with van der Waals surface area (Å²) in [6.07, 6.45) is 0. The van der Waals surface area contributed by atoms with Crippen molar-refractivity contribution in [2.24, 2.45) is 0 Å². The van der Waals surface area contributed by atoms with Gasteiger partial charge in [0.15, 0.2) is 0 Å². The number of hydrogen-bond donors (Lipinski definition) is 1. The number of halogens is 2. The van der Waals surface area contributed by atoms with Gasteiger partial charge in [-0.15, -0.1) is 0 Å². The molecule has 0 fully saturated rings. The average Bonchev–Trinajstić information content (AvgIpc) is 2.35. The molecule has 1 aromatic carbocycles. The molecule has 1 N–H and O–H groups in total. The minimum absolute atomic E-state index is 0.163. The Balaban J connectivity index is 2.63. The SMILES string of the molecule is Cc1ccc(-c2nc(C(C)C)c(Br)c(=O)[nH]2)cc1Cl. The molecule has 0 amide bonds. The first-order valence-electron chi connectivity index (χ1n) is 5.96. The van der Waals surface area contributed by atoms with Crippen molar-refractivity contribution < 1.29 is 0 Å². The van der Waals surface area contributed by atoms with Crippen molar-refractivity contribution >= 4 is 27.5 Å². The van der Waals surface area contributed by atoms with Crippen LogP contribution in [0.4, 0.5) is 0 Å². The van der Waals surface area contributed by atoms with Crippen LogP contribution in [0.15, 0.2) is 27.5 Å². The summed E-state index contributed by atoms with van der Waals surface area (Å²) in [5.74, 6) is 0.704.